The SMILES string of the molecule is COc1ccc(NC(=O)C(C)(C)C(=O)Nc2ccccc2C)cc1. The van der Waals surface area contributed by atoms with Crippen LogP contribution < -0.4 is 15.4 Å². The second-order valence-electron chi connectivity index (χ2n) is 6.08. The Labute approximate surface area is 142 Å². The van der Waals surface area contributed by atoms with Gasteiger partial charge < -0.3 is 15.4 Å². The monoisotopic (exact) mass is 326 g/mol. The van der Waals surface area contributed by atoms with E-state index in [9.17, 15) is 9.59 Å². The van der Waals surface area contributed by atoms with Crippen LogP contribution in [0.2, 0.25) is 0 Å². The molecule has 24 heavy (non-hydrogen) atoms. The summed E-state index contributed by atoms with van der Waals surface area (Å²) in [6.07, 6.45) is 0. The molecule has 2 aromatic rings. The van der Waals surface area contributed by atoms with Gasteiger partial charge in [-0.1, -0.05) is 18.2 Å². The first-order valence-electron chi connectivity index (χ1n) is 7.67. The second kappa shape index (κ2) is 7.17. The fourth-order valence-corrected chi connectivity index (χ4v) is 2.06. The quantitative estimate of drug-likeness (QED) is 0.825. The van der Waals surface area contributed by atoms with Crippen molar-refractivity contribution >= 4 is 23.2 Å². The summed E-state index contributed by atoms with van der Waals surface area (Å²) < 4.78 is 5.08. The molecule has 2 N–H and O–H groups in total. The lowest BCUT2D eigenvalue weighted by atomic mass is 9.90. The van der Waals surface area contributed by atoms with Crippen LogP contribution in [0, 0.1) is 12.3 Å². The highest BCUT2D eigenvalue weighted by Gasteiger charge is 2.36. The molecule has 5 heteroatoms. The molecule has 0 bridgehead atoms. The first kappa shape index (κ1) is 17.5. The van der Waals surface area contributed by atoms with Gasteiger partial charge in [0.15, 0.2) is 0 Å². The number of methoxy groups -OCH3 is 1. The minimum atomic E-state index is -1.22. The van der Waals surface area contributed by atoms with Crippen molar-refractivity contribution < 1.29 is 14.3 Å². The van der Waals surface area contributed by atoms with Gasteiger partial charge in [0.05, 0.1) is 7.11 Å². The third kappa shape index (κ3) is 3.93. The van der Waals surface area contributed by atoms with Gasteiger partial charge in [0.2, 0.25) is 11.8 Å². The highest BCUT2D eigenvalue weighted by molar-refractivity contribution is 6.14. The Bertz CT molecular complexity index is 737. The molecule has 0 aromatic heterocycles. The summed E-state index contributed by atoms with van der Waals surface area (Å²) in [6.45, 7) is 5.10. The molecule has 0 unspecified atom stereocenters. The number of rotatable bonds is 5. The average Bonchev–Trinajstić information content (AvgIpc) is 2.57. The molecule has 5 nitrogen and oxygen atoms in total. The van der Waals surface area contributed by atoms with Crippen molar-refractivity contribution in [1.29, 1.82) is 0 Å². The first-order chi connectivity index (χ1) is 11.3. The number of carbonyl (C=O) groups excluding carboxylic acids is 2. The molecule has 0 saturated heterocycles. The Balaban J connectivity index is 2.08. The number of anilines is 2. The molecule has 0 aliphatic carbocycles. The number of benzene rings is 2. The maximum Gasteiger partial charge on any atom is 0.239 e. The summed E-state index contributed by atoms with van der Waals surface area (Å²) in [5.41, 5.74) is 1.03. The summed E-state index contributed by atoms with van der Waals surface area (Å²) in [5.74, 6) is -0.0360. The Kier molecular flexibility index (Phi) is 5.24. The van der Waals surface area contributed by atoms with E-state index >= 15 is 0 Å². The summed E-state index contributed by atoms with van der Waals surface area (Å²) in [6, 6.07) is 14.4. The molecule has 0 aliphatic rings. The summed E-state index contributed by atoms with van der Waals surface area (Å²) >= 11 is 0. The molecule has 0 radical (unpaired) electrons. The first-order valence-corrected chi connectivity index (χ1v) is 7.67. The van der Waals surface area contributed by atoms with Gasteiger partial charge in [-0.05, 0) is 56.7 Å². The third-order valence-electron chi connectivity index (χ3n) is 3.88. The van der Waals surface area contributed by atoms with Gasteiger partial charge in [-0.3, -0.25) is 9.59 Å². The number of amides is 2. The number of aryl methyl sites for hydroxylation is 1. The summed E-state index contributed by atoms with van der Waals surface area (Å²) in [5, 5.41) is 5.58. The van der Waals surface area contributed by atoms with Crippen LogP contribution in [0.15, 0.2) is 48.5 Å². The Morgan fingerprint density at radius 3 is 2.08 bits per heavy atom. The smallest absolute Gasteiger partial charge is 0.239 e. The molecule has 0 aliphatic heterocycles. The highest BCUT2D eigenvalue weighted by Crippen LogP contribution is 2.23. The number of para-hydroxylation sites is 1. The van der Waals surface area contributed by atoms with Gasteiger partial charge in [-0.15, -0.1) is 0 Å². The molecule has 0 heterocycles. The maximum absolute atomic E-state index is 12.5. The lowest BCUT2D eigenvalue weighted by Gasteiger charge is -2.23. The lowest BCUT2D eigenvalue weighted by Crippen LogP contribution is -2.41. The van der Waals surface area contributed by atoms with Gasteiger partial charge in [-0.2, -0.15) is 0 Å². The van der Waals surface area contributed by atoms with E-state index in [1.54, 1.807) is 45.2 Å². The Hall–Kier alpha value is -2.82. The van der Waals surface area contributed by atoms with Crippen LogP contribution >= 0.6 is 0 Å². The van der Waals surface area contributed by atoms with Crippen LogP contribution in [0.5, 0.6) is 5.75 Å². The van der Waals surface area contributed by atoms with Gasteiger partial charge >= 0.3 is 0 Å². The number of hydrogen-bond donors (Lipinski definition) is 2. The van der Waals surface area contributed by atoms with Crippen molar-refractivity contribution in [2.24, 2.45) is 5.41 Å². The second-order valence-corrected chi connectivity index (χ2v) is 6.08. The molecular formula is C19H22N2O3. The van der Waals surface area contributed by atoms with Crippen molar-refractivity contribution in [3.63, 3.8) is 0 Å². The van der Waals surface area contributed by atoms with E-state index in [0.29, 0.717) is 17.1 Å². The Morgan fingerprint density at radius 1 is 0.917 bits per heavy atom. The van der Waals surface area contributed by atoms with E-state index in [0.717, 1.165) is 5.56 Å². The molecule has 2 aromatic carbocycles. The van der Waals surface area contributed by atoms with Gasteiger partial charge in [-0.25, -0.2) is 0 Å². The third-order valence-corrected chi connectivity index (χ3v) is 3.88. The van der Waals surface area contributed by atoms with Crippen LogP contribution in [0.3, 0.4) is 0 Å². The Morgan fingerprint density at radius 2 is 1.50 bits per heavy atom. The van der Waals surface area contributed by atoms with Gasteiger partial charge in [0.1, 0.15) is 11.2 Å². The molecule has 0 spiro atoms. The number of ether oxygens (including phenoxy) is 1. The minimum Gasteiger partial charge on any atom is -0.497 e. The van der Waals surface area contributed by atoms with Crippen LogP contribution in [0.4, 0.5) is 11.4 Å². The zero-order chi connectivity index (χ0) is 17.7. The van der Waals surface area contributed by atoms with Gasteiger partial charge in [0, 0.05) is 11.4 Å². The normalized spacial score (nSPS) is 10.8. The van der Waals surface area contributed by atoms with Crippen LogP contribution in [-0.2, 0) is 9.59 Å². The molecule has 0 fully saturated rings. The van der Waals surface area contributed by atoms with Crippen molar-refractivity contribution in [2.75, 3.05) is 17.7 Å². The van der Waals surface area contributed by atoms with E-state index in [1.165, 1.54) is 0 Å². The zero-order valence-electron chi connectivity index (χ0n) is 14.3. The lowest BCUT2D eigenvalue weighted by molar-refractivity contribution is -0.135. The van der Waals surface area contributed by atoms with Crippen molar-refractivity contribution in [1.82, 2.24) is 0 Å². The fourth-order valence-electron chi connectivity index (χ4n) is 2.06. The van der Waals surface area contributed by atoms with E-state index in [-0.39, 0.29) is 11.8 Å². The van der Waals surface area contributed by atoms with Gasteiger partial charge in [0.25, 0.3) is 0 Å². The molecule has 2 rings (SSSR count). The van der Waals surface area contributed by atoms with E-state index in [1.807, 2.05) is 31.2 Å². The molecule has 126 valence electrons. The standard InChI is InChI=1S/C19H22N2O3/c1-13-7-5-6-8-16(13)21-18(23)19(2,3)17(22)20-14-9-11-15(24-4)12-10-14/h5-12H,1-4H3,(H,20,22)(H,21,23). The number of carbonyl (C=O) groups is 2. The number of hydrogen-bond acceptors (Lipinski definition) is 3. The zero-order valence-corrected chi connectivity index (χ0v) is 14.3. The molecule has 2 amide bonds. The minimum absolute atomic E-state index is 0.359. The van der Waals surface area contributed by atoms with Crippen molar-refractivity contribution in [3.05, 3.63) is 54.1 Å². The fraction of sp³-hybridized carbons (Fsp3) is 0.263. The van der Waals surface area contributed by atoms with E-state index < -0.39 is 5.41 Å². The van der Waals surface area contributed by atoms with Crippen LogP contribution in [0.25, 0.3) is 0 Å². The molecule has 0 saturated carbocycles. The average molecular weight is 326 g/mol. The summed E-state index contributed by atoms with van der Waals surface area (Å²) in [7, 11) is 1.58. The van der Waals surface area contributed by atoms with Crippen molar-refractivity contribution in [3.8, 4) is 5.75 Å². The predicted octanol–water partition coefficient (Wildman–Crippen LogP) is 3.61. The highest BCUT2D eigenvalue weighted by atomic mass is 16.5. The summed E-state index contributed by atoms with van der Waals surface area (Å²) in [4.78, 5) is 25.0. The predicted molar refractivity (Wildman–Crippen MR) is 95.2 cm³/mol. The topological polar surface area (TPSA) is 67.4 Å². The maximum atomic E-state index is 12.5. The largest absolute Gasteiger partial charge is 0.497 e. The molecule has 0 atom stereocenters. The molecular weight excluding hydrogens is 304 g/mol. The van der Waals surface area contributed by atoms with Crippen LogP contribution in [-0.4, -0.2) is 18.9 Å². The van der Waals surface area contributed by atoms with Crippen molar-refractivity contribution in [2.45, 2.75) is 20.8 Å². The van der Waals surface area contributed by atoms with E-state index in [2.05, 4.69) is 10.6 Å². The number of nitrogens with one attached hydrogen (secondary N) is 2. The van der Waals surface area contributed by atoms with Crippen LogP contribution in [0.1, 0.15) is 19.4 Å². The van der Waals surface area contributed by atoms with E-state index in [4.69, 9.17) is 4.74 Å².